The predicted octanol–water partition coefficient (Wildman–Crippen LogP) is 5.87. The summed E-state index contributed by atoms with van der Waals surface area (Å²) in [6, 6.07) is 22.1. The molecule has 5 nitrogen and oxygen atoms in total. The van der Waals surface area contributed by atoms with Gasteiger partial charge in [-0.25, -0.2) is 0 Å². The van der Waals surface area contributed by atoms with Crippen molar-refractivity contribution in [2.75, 3.05) is 7.11 Å². The van der Waals surface area contributed by atoms with Gasteiger partial charge in [-0.2, -0.15) is 5.10 Å². The molecule has 164 valence electrons. The molecule has 0 radical (unpaired) electrons. The molecular weight excluding hydrogens is 418 g/mol. The first-order valence-electron chi connectivity index (χ1n) is 10.9. The van der Waals surface area contributed by atoms with Crippen molar-refractivity contribution in [3.63, 3.8) is 0 Å². The van der Waals surface area contributed by atoms with Gasteiger partial charge >= 0.3 is 0 Å². The number of nitrogens with zero attached hydrogens (tertiary/aromatic N) is 3. The Hall–Kier alpha value is -3.12. The smallest absolute Gasteiger partial charge is 0.242 e. The number of hydrogen-bond acceptors (Lipinski definition) is 5. The lowest BCUT2D eigenvalue weighted by molar-refractivity contribution is -0.126. The van der Waals surface area contributed by atoms with Crippen molar-refractivity contribution >= 4 is 39.8 Å². The maximum Gasteiger partial charge on any atom is 0.242 e. The van der Waals surface area contributed by atoms with Crippen LogP contribution in [0.2, 0.25) is 0 Å². The van der Waals surface area contributed by atoms with Gasteiger partial charge in [0.25, 0.3) is 0 Å². The molecule has 0 aliphatic carbocycles. The van der Waals surface area contributed by atoms with Crippen molar-refractivity contribution in [1.29, 1.82) is 0 Å². The average Bonchev–Trinajstić information content (AvgIpc) is 3.12. The third-order valence-corrected chi connectivity index (χ3v) is 6.75. The lowest BCUT2D eigenvalue weighted by Crippen LogP contribution is -2.31. The van der Waals surface area contributed by atoms with Crippen LogP contribution in [-0.4, -0.2) is 34.5 Å². The van der Waals surface area contributed by atoms with Gasteiger partial charge in [0, 0.05) is 0 Å². The molecule has 1 heterocycles. The summed E-state index contributed by atoms with van der Waals surface area (Å²) in [5.74, 6) is 0.917. The van der Waals surface area contributed by atoms with Gasteiger partial charge in [-0.3, -0.25) is 9.69 Å². The Kier molecular flexibility index (Phi) is 7.22. The van der Waals surface area contributed by atoms with E-state index in [1.165, 1.54) is 17.1 Å². The highest BCUT2D eigenvalue weighted by atomic mass is 32.2. The maximum atomic E-state index is 13.2. The third-order valence-electron chi connectivity index (χ3n) is 5.51. The van der Waals surface area contributed by atoms with Crippen LogP contribution < -0.4 is 4.74 Å². The number of thioether (sulfide) groups is 1. The fraction of sp³-hybridized carbons (Fsp3) is 0.269. The van der Waals surface area contributed by atoms with E-state index in [0.29, 0.717) is 11.7 Å². The second kappa shape index (κ2) is 10.5. The molecule has 1 saturated heterocycles. The van der Waals surface area contributed by atoms with Crippen LogP contribution >= 0.6 is 11.8 Å². The Morgan fingerprint density at radius 1 is 1.06 bits per heavy atom. The predicted molar refractivity (Wildman–Crippen MR) is 133 cm³/mol. The molecule has 0 bridgehead atoms. The number of rotatable bonds is 8. The number of carbonyl (C=O) groups is 1. The quantitative estimate of drug-likeness (QED) is 0.322. The first kappa shape index (κ1) is 22.1. The second-order valence-electron chi connectivity index (χ2n) is 7.71. The Morgan fingerprint density at radius 2 is 1.84 bits per heavy atom. The molecule has 0 N–H and O–H groups in total. The van der Waals surface area contributed by atoms with Crippen LogP contribution in [0.25, 0.3) is 10.8 Å². The average molecular weight is 446 g/mol. The van der Waals surface area contributed by atoms with E-state index in [0.717, 1.165) is 41.5 Å². The summed E-state index contributed by atoms with van der Waals surface area (Å²) in [5, 5.41) is 11.6. The highest BCUT2D eigenvalue weighted by molar-refractivity contribution is 8.15. The van der Waals surface area contributed by atoms with Gasteiger partial charge in [0.2, 0.25) is 5.91 Å². The number of amides is 1. The summed E-state index contributed by atoms with van der Waals surface area (Å²) in [6.07, 6.45) is 4.64. The number of ether oxygens (including phenoxy) is 1. The maximum absolute atomic E-state index is 13.2. The zero-order valence-electron chi connectivity index (χ0n) is 18.4. The molecule has 3 aromatic carbocycles. The second-order valence-corrected chi connectivity index (χ2v) is 8.88. The number of unbranched alkanes of at least 4 members (excludes halogenated alkanes) is 1. The van der Waals surface area contributed by atoms with Crippen molar-refractivity contribution in [3.05, 3.63) is 77.9 Å². The third kappa shape index (κ3) is 5.02. The summed E-state index contributed by atoms with van der Waals surface area (Å²) in [4.78, 5) is 15.0. The summed E-state index contributed by atoms with van der Waals surface area (Å²) in [7, 11) is 1.64. The van der Waals surface area contributed by atoms with Gasteiger partial charge in [0.05, 0.1) is 25.1 Å². The van der Waals surface area contributed by atoms with E-state index in [1.807, 2.05) is 42.5 Å². The molecule has 0 saturated carbocycles. The molecule has 6 heteroatoms. The largest absolute Gasteiger partial charge is 0.497 e. The standard InChI is InChI=1S/C26H27N3O2S/c1-3-4-12-24-25(30)29(18-21-10-7-9-20-8-5-6-11-23(20)21)26(32-24)28-27-17-19-13-15-22(31-2)16-14-19/h5-11,13-17,24H,3-4,12,18H2,1-2H3/b27-17+,28-26+. The van der Waals surface area contributed by atoms with Crippen LogP contribution in [0.5, 0.6) is 5.75 Å². The minimum absolute atomic E-state index is 0.0973. The normalized spacial score (nSPS) is 17.7. The van der Waals surface area contributed by atoms with Crippen molar-refractivity contribution < 1.29 is 9.53 Å². The van der Waals surface area contributed by atoms with Crippen molar-refractivity contribution in [2.45, 2.75) is 38.0 Å². The molecule has 3 aromatic rings. The van der Waals surface area contributed by atoms with E-state index in [4.69, 9.17) is 4.74 Å². The van der Waals surface area contributed by atoms with E-state index >= 15 is 0 Å². The van der Waals surface area contributed by atoms with Gasteiger partial charge in [0.15, 0.2) is 5.17 Å². The molecule has 1 aliphatic rings. The zero-order chi connectivity index (χ0) is 22.3. The molecular formula is C26H27N3O2S. The number of methoxy groups -OCH3 is 1. The van der Waals surface area contributed by atoms with Crippen LogP contribution in [0.1, 0.15) is 37.3 Å². The van der Waals surface area contributed by atoms with Crippen LogP contribution in [0.4, 0.5) is 0 Å². The first-order valence-corrected chi connectivity index (χ1v) is 11.8. The first-order chi connectivity index (χ1) is 15.7. The van der Waals surface area contributed by atoms with Crippen LogP contribution in [0.3, 0.4) is 0 Å². The number of hydrogen-bond donors (Lipinski definition) is 0. The summed E-state index contributed by atoms with van der Waals surface area (Å²) < 4.78 is 5.19. The molecule has 32 heavy (non-hydrogen) atoms. The van der Waals surface area contributed by atoms with E-state index < -0.39 is 0 Å². The van der Waals surface area contributed by atoms with Gasteiger partial charge in [0.1, 0.15) is 5.75 Å². The monoisotopic (exact) mass is 445 g/mol. The summed E-state index contributed by atoms with van der Waals surface area (Å²) in [6.45, 7) is 2.64. The summed E-state index contributed by atoms with van der Waals surface area (Å²) in [5.41, 5.74) is 2.03. The fourth-order valence-electron chi connectivity index (χ4n) is 3.74. The number of carbonyl (C=O) groups excluding carboxylic acids is 1. The van der Waals surface area contributed by atoms with Crippen molar-refractivity contribution in [3.8, 4) is 5.75 Å². The fourth-order valence-corrected chi connectivity index (χ4v) is 4.88. The number of benzene rings is 3. The van der Waals surface area contributed by atoms with E-state index in [2.05, 4.69) is 41.4 Å². The van der Waals surface area contributed by atoms with Gasteiger partial charge in [-0.1, -0.05) is 74.0 Å². The summed E-state index contributed by atoms with van der Waals surface area (Å²) >= 11 is 1.53. The minimum atomic E-state index is -0.0973. The van der Waals surface area contributed by atoms with Crippen molar-refractivity contribution in [2.24, 2.45) is 10.2 Å². The van der Waals surface area contributed by atoms with Crippen LogP contribution in [-0.2, 0) is 11.3 Å². The van der Waals surface area contributed by atoms with E-state index in [1.54, 1.807) is 18.2 Å². The van der Waals surface area contributed by atoms with Gasteiger partial charge in [-0.15, -0.1) is 5.10 Å². The Balaban J connectivity index is 1.59. The SMILES string of the molecule is CCCCC1S/C(=N/N=C/c2ccc(OC)cc2)N(Cc2cccc3ccccc23)C1=O. The Labute approximate surface area is 193 Å². The molecule has 4 rings (SSSR count). The lowest BCUT2D eigenvalue weighted by atomic mass is 10.0. The molecule has 1 amide bonds. The Morgan fingerprint density at radius 3 is 2.62 bits per heavy atom. The molecule has 0 aromatic heterocycles. The topological polar surface area (TPSA) is 54.3 Å². The lowest BCUT2D eigenvalue weighted by Gasteiger charge is -2.17. The van der Waals surface area contributed by atoms with E-state index in [-0.39, 0.29) is 11.2 Å². The molecule has 1 atom stereocenters. The molecule has 1 unspecified atom stereocenters. The number of fused-ring (bicyclic) bond motifs is 1. The van der Waals surface area contributed by atoms with Gasteiger partial charge < -0.3 is 4.74 Å². The molecule has 0 spiro atoms. The molecule has 1 aliphatic heterocycles. The zero-order valence-corrected chi connectivity index (χ0v) is 19.2. The Bertz CT molecular complexity index is 1140. The number of amidine groups is 1. The molecule has 1 fully saturated rings. The van der Waals surface area contributed by atoms with Crippen LogP contribution in [0, 0.1) is 0 Å². The van der Waals surface area contributed by atoms with Crippen molar-refractivity contribution in [1.82, 2.24) is 4.90 Å². The van der Waals surface area contributed by atoms with Gasteiger partial charge in [-0.05, 0) is 52.6 Å². The van der Waals surface area contributed by atoms with E-state index in [9.17, 15) is 4.79 Å². The highest BCUT2D eigenvalue weighted by Crippen LogP contribution is 2.33. The minimum Gasteiger partial charge on any atom is -0.497 e. The highest BCUT2D eigenvalue weighted by Gasteiger charge is 2.37. The van der Waals surface area contributed by atoms with Crippen LogP contribution in [0.15, 0.2) is 76.9 Å².